The van der Waals surface area contributed by atoms with Crippen LogP contribution in [0, 0.1) is 0 Å². The molecule has 0 aliphatic rings. The number of carbonyl (C=O) groups excluding carboxylic acids is 1. The van der Waals surface area contributed by atoms with Crippen molar-refractivity contribution < 1.29 is 14.6 Å². The van der Waals surface area contributed by atoms with Crippen LogP contribution in [0.15, 0.2) is 60.0 Å². The number of oxime groups is 1. The Morgan fingerprint density at radius 3 is 2.81 bits per heavy atom. The number of nitrogens with zero attached hydrogens (tertiary/aromatic N) is 2. The Labute approximate surface area is 123 Å². The molecule has 5 heteroatoms. The molecule has 1 amide bonds. The fourth-order valence-corrected chi connectivity index (χ4v) is 1.94. The van der Waals surface area contributed by atoms with E-state index < -0.39 is 0 Å². The molecule has 0 aliphatic heterocycles. The highest BCUT2D eigenvalue weighted by molar-refractivity contribution is 5.78. The van der Waals surface area contributed by atoms with Crippen LogP contribution < -0.4 is 9.88 Å². The Hall–Kier alpha value is -2.69. The molecule has 0 bridgehead atoms. The number of aromatic nitrogens is 1. The maximum absolute atomic E-state index is 11.8. The zero-order valence-electron chi connectivity index (χ0n) is 11.6. The Balaban J connectivity index is 1.80. The van der Waals surface area contributed by atoms with E-state index in [1.54, 1.807) is 0 Å². The summed E-state index contributed by atoms with van der Waals surface area (Å²) in [5, 5.41) is 14.4. The van der Waals surface area contributed by atoms with Crippen molar-refractivity contribution >= 4 is 12.1 Å². The van der Waals surface area contributed by atoms with Crippen molar-refractivity contribution in [1.29, 1.82) is 0 Å². The second-order valence-electron chi connectivity index (χ2n) is 4.63. The molecule has 0 fully saturated rings. The van der Waals surface area contributed by atoms with Crippen LogP contribution >= 0.6 is 0 Å². The van der Waals surface area contributed by atoms with Crippen LogP contribution in [0.3, 0.4) is 0 Å². The van der Waals surface area contributed by atoms with Gasteiger partial charge in [0.1, 0.15) is 0 Å². The van der Waals surface area contributed by atoms with E-state index in [2.05, 4.69) is 10.5 Å². The van der Waals surface area contributed by atoms with Crippen LogP contribution in [0.5, 0.6) is 0 Å². The Morgan fingerprint density at radius 2 is 2.05 bits per heavy atom. The third-order valence-electron chi connectivity index (χ3n) is 3.02. The minimum Gasteiger partial charge on any atom is -0.411 e. The molecule has 2 N–H and O–H groups in total. The van der Waals surface area contributed by atoms with Gasteiger partial charge < -0.3 is 10.5 Å². The van der Waals surface area contributed by atoms with Crippen LogP contribution in [-0.2, 0) is 17.9 Å². The van der Waals surface area contributed by atoms with E-state index >= 15 is 0 Å². The van der Waals surface area contributed by atoms with E-state index in [1.807, 2.05) is 59.4 Å². The zero-order valence-corrected chi connectivity index (χ0v) is 11.6. The van der Waals surface area contributed by atoms with Gasteiger partial charge in [0.05, 0.1) is 18.2 Å². The van der Waals surface area contributed by atoms with Gasteiger partial charge in [-0.25, -0.2) is 4.57 Å². The van der Waals surface area contributed by atoms with Crippen molar-refractivity contribution in [3.05, 3.63) is 66.0 Å². The highest BCUT2D eigenvalue weighted by Crippen LogP contribution is 1.97. The van der Waals surface area contributed by atoms with Crippen molar-refractivity contribution in [2.75, 3.05) is 0 Å². The minimum absolute atomic E-state index is 0.00702. The summed E-state index contributed by atoms with van der Waals surface area (Å²) < 4.78 is 1.89. The van der Waals surface area contributed by atoms with Gasteiger partial charge in [0.25, 0.3) is 0 Å². The molecular weight excluding hydrogens is 266 g/mol. The number of rotatable bonds is 6. The van der Waals surface area contributed by atoms with E-state index in [9.17, 15) is 4.79 Å². The van der Waals surface area contributed by atoms with Crippen molar-refractivity contribution in [1.82, 2.24) is 5.32 Å². The maximum Gasteiger partial charge on any atom is 0.226 e. The highest BCUT2D eigenvalue weighted by Gasteiger charge is 2.07. The molecule has 5 nitrogen and oxygen atoms in total. The van der Waals surface area contributed by atoms with Gasteiger partial charge in [-0.15, -0.1) is 0 Å². The first kappa shape index (κ1) is 14.7. The summed E-state index contributed by atoms with van der Waals surface area (Å²) >= 11 is 0. The number of nitrogens with one attached hydrogen (secondary N) is 1. The Morgan fingerprint density at radius 1 is 1.24 bits per heavy atom. The second-order valence-corrected chi connectivity index (χ2v) is 4.63. The molecule has 2 rings (SSSR count). The molecule has 0 radical (unpaired) electrons. The van der Waals surface area contributed by atoms with E-state index in [1.165, 1.54) is 6.21 Å². The lowest BCUT2D eigenvalue weighted by Crippen LogP contribution is -2.36. The number of carbonyl (C=O) groups is 1. The molecule has 1 aromatic heterocycles. The number of pyridine rings is 1. The van der Waals surface area contributed by atoms with Gasteiger partial charge in [-0.1, -0.05) is 35.5 Å². The van der Waals surface area contributed by atoms with Crippen LogP contribution in [0.4, 0.5) is 0 Å². The smallest absolute Gasteiger partial charge is 0.226 e. The van der Waals surface area contributed by atoms with Crippen LogP contribution in [0.1, 0.15) is 17.5 Å². The van der Waals surface area contributed by atoms with Gasteiger partial charge in [0.2, 0.25) is 5.91 Å². The molecule has 21 heavy (non-hydrogen) atoms. The normalized spacial score (nSPS) is 10.7. The first-order valence-electron chi connectivity index (χ1n) is 6.75. The SMILES string of the molecule is O=C(CC[n+]1cccc(C=NO)c1)NCc1ccccc1. The lowest BCUT2D eigenvalue weighted by atomic mass is 10.2. The van der Waals surface area contributed by atoms with Gasteiger partial charge in [0, 0.05) is 12.6 Å². The molecule has 108 valence electrons. The summed E-state index contributed by atoms with van der Waals surface area (Å²) in [6.07, 6.45) is 5.45. The van der Waals surface area contributed by atoms with Gasteiger partial charge in [0.15, 0.2) is 18.9 Å². The van der Waals surface area contributed by atoms with Gasteiger partial charge in [-0.2, -0.15) is 0 Å². The molecule has 0 aliphatic carbocycles. The summed E-state index contributed by atoms with van der Waals surface area (Å²) in [4.78, 5) is 11.8. The molecule has 1 aromatic carbocycles. The fraction of sp³-hybridized carbons (Fsp3) is 0.188. The van der Waals surface area contributed by atoms with Gasteiger partial charge in [-0.3, -0.25) is 4.79 Å². The lowest BCUT2D eigenvalue weighted by molar-refractivity contribution is -0.695. The van der Waals surface area contributed by atoms with Crippen LogP contribution in [-0.4, -0.2) is 17.3 Å². The fourth-order valence-electron chi connectivity index (χ4n) is 1.94. The average Bonchev–Trinajstić information content (AvgIpc) is 2.53. The first-order chi connectivity index (χ1) is 10.3. The van der Waals surface area contributed by atoms with E-state index in [0.29, 0.717) is 19.5 Å². The summed E-state index contributed by atoms with van der Waals surface area (Å²) in [7, 11) is 0. The predicted octanol–water partition coefficient (Wildman–Crippen LogP) is 1.49. The van der Waals surface area contributed by atoms with Crippen LogP contribution in [0.25, 0.3) is 0 Å². The van der Waals surface area contributed by atoms with E-state index in [-0.39, 0.29) is 5.91 Å². The molecule has 2 aromatic rings. The van der Waals surface area contributed by atoms with Gasteiger partial charge in [-0.05, 0) is 11.6 Å². The molecule has 1 heterocycles. The topological polar surface area (TPSA) is 65.6 Å². The van der Waals surface area contributed by atoms with Crippen LogP contribution in [0.2, 0.25) is 0 Å². The quantitative estimate of drug-likeness (QED) is 0.365. The average molecular weight is 284 g/mol. The molecule has 0 saturated heterocycles. The Bertz CT molecular complexity index is 612. The largest absolute Gasteiger partial charge is 0.411 e. The summed E-state index contributed by atoms with van der Waals surface area (Å²) in [6, 6.07) is 13.5. The zero-order chi connectivity index (χ0) is 14.9. The van der Waals surface area contributed by atoms with Crippen molar-refractivity contribution in [3.63, 3.8) is 0 Å². The predicted molar refractivity (Wildman–Crippen MR) is 78.9 cm³/mol. The summed E-state index contributed by atoms with van der Waals surface area (Å²) in [6.45, 7) is 1.12. The number of hydrogen-bond donors (Lipinski definition) is 2. The molecule has 0 unspecified atom stereocenters. The maximum atomic E-state index is 11.8. The molecule has 0 saturated carbocycles. The monoisotopic (exact) mass is 284 g/mol. The molecular formula is C16H18N3O2+. The number of aryl methyl sites for hydroxylation is 1. The first-order valence-corrected chi connectivity index (χ1v) is 6.75. The molecule has 0 atom stereocenters. The van der Waals surface area contributed by atoms with Crippen molar-refractivity contribution in [2.45, 2.75) is 19.5 Å². The summed E-state index contributed by atoms with van der Waals surface area (Å²) in [5.41, 5.74) is 1.87. The number of hydrogen-bond acceptors (Lipinski definition) is 3. The van der Waals surface area contributed by atoms with E-state index in [0.717, 1.165) is 11.1 Å². The minimum atomic E-state index is 0.00702. The standard InChI is InChI=1S/C16H17N3O2/c20-16(17-11-14-5-2-1-3-6-14)8-10-19-9-4-7-15(13-19)12-18-21/h1-7,9,12-13H,8,10-11H2,(H-,17,20,21)/p+1. The van der Waals surface area contributed by atoms with E-state index in [4.69, 9.17) is 5.21 Å². The Kier molecular flexibility index (Phi) is 5.46. The third-order valence-corrected chi connectivity index (χ3v) is 3.02. The van der Waals surface area contributed by atoms with Gasteiger partial charge >= 0.3 is 0 Å². The van der Waals surface area contributed by atoms with Crippen molar-refractivity contribution in [2.24, 2.45) is 5.16 Å². The number of benzene rings is 1. The lowest BCUT2D eigenvalue weighted by Gasteiger charge is -2.04. The number of amides is 1. The second kappa shape index (κ2) is 7.79. The summed E-state index contributed by atoms with van der Waals surface area (Å²) in [5.74, 6) is 0.00702. The van der Waals surface area contributed by atoms with Crippen molar-refractivity contribution in [3.8, 4) is 0 Å². The third kappa shape index (κ3) is 5.06. The highest BCUT2D eigenvalue weighted by atomic mass is 16.4. The molecule has 0 spiro atoms.